The highest BCUT2D eigenvalue weighted by molar-refractivity contribution is 6.31. The molecule has 0 atom stereocenters. The van der Waals surface area contributed by atoms with E-state index in [4.69, 9.17) is 37.4 Å². The van der Waals surface area contributed by atoms with Crippen LogP contribution in [-0.2, 0) is 4.74 Å². The summed E-state index contributed by atoms with van der Waals surface area (Å²) in [5.41, 5.74) is 0.819. The van der Waals surface area contributed by atoms with Crippen molar-refractivity contribution in [1.29, 1.82) is 0 Å². The van der Waals surface area contributed by atoms with Crippen LogP contribution in [0, 0.1) is 0 Å². The number of anilines is 3. The van der Waals surface area contributed by atoms with Crippen LogP contribution in [0.4, 0.5) is 17.6 Å². The van der Waals surface area contributed by atoms with E-state index < -0.39 is 5.97 Å². The fraction of sp³-hybridized carbons (Fsp3) is 0.188. The number of hydrogen-bond donors (Lipinski definition) is 0. The second kappa shape index (κ2) is 8.80. The molecule has 0 N–H and O–H groups in total. The first-order valence-corrected chi connectivity index (χ1v) is 8.60. The van der Waals surface area contributed by atoms with E-state index >= 15 is 0 Å². The first-order valence-electron chi connectivity index (χ1n) is 7.84. The van der Waals surface area contributed by atoms with E-state index in [1.807, 2.05) is 0 Å². The molecule has 0 unspecified atom stereocenters. The number of rotatable bonds is 6. The summed E-state index contributed by atoms with van der Waals surface area (Å²) >= 11 is 11.9. The van der Waals surface area contributed by atoms with Gasteiger partial charge in [-0.3, -0.25) is 0 Å². The average Bonchev–Trinajstić information content (AvgIpc) is 2.73. The molecule has 0 saturated carbocycles. The molecule has 13 heteroatoms. The van der Waals surface area contributed by atoms with Gasteiger partial charge in [0.25, 0.3) is 0 Å². The number of ether oxygens (including phenoxy) is 3. The van der Waals surface area contributed by atoms with E-state index in [1.54, 1.807) is 24.3 Å². The topological polar surface area (TPSA) is 125 Å². The van der Waals surface area contributed by atoms with Crippen LogP contribution in [0.5, 0.6) is 12.0 Å². The van der Waals surface area contributed by atoms with E-state index in [9.17, 15) is 4.79 Å². The Morgan fingerprint density at radius 2 is 1.31 bits per heavy atom. The van der Waals surface area contributed by atoms with Gasteiger partial charge in [0.05, 0.1) is 32.6 Å². The third-order valence-corrected chi connectivity index (χ3v) is 3.80. The van der Waals surface area contributed by atoms with Gasteiger partial charge in [-0.15, -0.1) is 4.98 Å². The molecule has 0 saturated heterocycles. The molecule has 3 rings (SSSR count). The lowest BCUT2D eigenvalue weighted by Crippen LogP contribution is -2.18. The van der Waals surface area contributed by atoms with Crippen molar-refractivity contribution in [3.05, 3.63) is 40.4 Å². The Balaban J connectivity index is 2.18. The molecular formula is C16H13Cl2N7O4. The molecule has 150 valence electrons. The monoisotopic (exact) mass is 437 g/mol. The van der Waals surface area contributed by atoms with E-state index in [0.29, 0.717) is 11.3 Å². The molecule has 3 aromatic rings. The highest BCUT2D eigenvalue weighted by atomic mass is 35.5. The van der Waals surface area contributed by atoms with E-state index in [0.717, 1.165) is 0 Å². The Labute approximate surface area is 174 Å². The number of esters is 1. The van der Waals surface area contributed by atoms with Crippen molar-refractivity contribution in [2.75, 3.05) is 26.2 Å². The van der Waals surface area contributed by atoms with E-state index in [-0.39, 0.29) is 34.5 Å². The Bertz CT molecular complexity index is 994. The number of carbonyl (C=O) groups is 1. The van der Waals surface area contributed by atoms with E-state index in [2.05, 4.69) is 29.9 Å². The SMILES string of the molecule is COC(=O)c1ccc(N(c2nc(Cl)nc(Cl)n2)c2nc(OC)nc(OC)n2)cc1. The number of aromatic nitrogens is 6. The fourth-order valence-electron chi connectivity index (χ4n) is 2.21. The van der Waals surface area contributed by atoms with Crippen LogP contribution in [0.2, 0.25) is 10.6 Å². The van der Waals surface area contributed by atoms with Crippen molar-refractivity contribution in [1.82, 2.24) is 29.9 Å². The van der Waals surface area contributed by atoms with Gasteiger partial charge in [0.2, 0.25) is 22.5 Å². The third-order valence-electron chi connectivity index (χ3n) is 3.46. The smallest absolute Gasteiger partial charge is 0.337 e. The standard InChI is InChI=1S/C16H13Cl2N7O4/c1-27-10(26)8-4-6-9(7-5-8)25(13-20-11(17)19-12(18)21-13)14-22-15(28-2)24-16(23-14)29-3/h4-7H,1-3H3. The van der Waals surface area contributed by atoms with Gasteiger partial charge in [-0.25, -0.2) is 9.69 Å². The number of hydrogen-bond acceptors (Lipinski definition) is 11. The molecule has 1 aromatic carbocycles. The van der Waals surface area contributed by atoms with Crippen LogP contribution in [0.3, 0.4) is 0 Å². The fourth-order valence-corrected chi connectivity index (χ4v) is 2.57. The van der Waals surface area contributed by atoms with Gasteiger partial charge in [0, 0.05) is 0 Å². The predicted octanol–water partition coefficient (Wildman–Crippen LogP) is 2.64. The van der Waals surface area contributed by atoms with Gasteiger partial charge >= 0.3 is 18.0 Å². The first-order chi connectivity index (χ1) is 13.9. The first kappa shape index (κ1) is 20.4. The lowest BCUT2D eigenvalue weighted by molar-refractivity contribution is 0.0601. The van der Waals surface area contributed by atoms with Crippen molar-refractivity contribution in [2.24, 2.45) is 0 Å². The molecule has 0 aliphatic rings. The van der Waals surface area contributed by atoms with Crippen molar-refractivity contribution >= 4 is 46.8 Å². The maximum absolute atomic E-state index is 11.7. The quantitative estimate of drug-likeness (QED) is 0.527. The van der Waals surface area contributed by atoms with Crippen LogP contribution < -0.4 is 14.4 Å². The largest absolute Gasteiger partial charge is 0.467 e. The Kier molecular flexibility index (Phi) is 6.20. The van der Waals surface area contributed by atoms with Crippen LogP contribution >= 0.6 is 23.2 Å². The molecule has 0 spiro atoms. The molecule has 2 aromatic heterocycles. The molecule has 0 radical (unpaired) electrons. The number of benzene rings is 1. The maximum Gasteiger partial charge on any atom is 0.337 e. The van der Waals surface area contributed by atoms with Gasteiger partial charge in [-0.1, -0.05) is 0 Å². The Morgan fingerprint density at radius 1 is 0.793 bits per heavy atom. The second-order valence-corrected chi connectivity index (χ2v) is 5.83. The Morgan fingerprint density at radius 3 is 1.79 bits per heavy atom. The van der Waals surface area contributed by atoms with Crippen LogP contribution in [-0.4, -0.2) is 57.2 Å². The molecule has 11 nitrogen and oxygen atoms in total. The minimum atomic E-state index is -0.488. The van der Waals surface area contributed by atoms with Gasteiger partial charge in [-0.05, 0) is 47.5 Å². The number of carbonyl (C=O) groups excluding carboxylic acids is 1. The van der Waals surface area contributed by atoms with Gasteiger partial charge in [-0.2, -0.15) is 24.9 Å². The minimum absolute atomic E-state index is 0.00530. The summed E-state index contributed by atoms with van der Waals surface area (Å²) in [7, 11) is 4.08. The molecule has 0 amide bonds. The minimum Gasteiger partial charge on any atom is -0.467 e. The predicted molar refractivity (Wildman–Crippen MR) is 102 cm³/mol. The zero-order valence-electron chi connectivity index (χ0n) is 15.3. The van der Waals surface area contributed by atoms with Crippen molar-refractivity contribution in [3.8, 4) is 12.0 Å². The molecule has 0 aliphatic heterocycles. The van der Waals surface area contributed by atoms with Crippen molar-refractivity contribution in [2.45, 2.75) is 0 Å². The van der Waals surface area contributed by atoms with Gasteiger partial charge in [0.1, 0.15) is 0 Å². The van der Waals surface area contributed by atoms with Crippen molar-refractivity contribution < 1.29 is 19.0 Å². The molecule has 0 fully saturated rings. The van der Waals surface area contributed by atoms with E-state index in [1.165, 1.54) is 26.2 Å². The summed E-state index contributed by atoms with van der Waals surface area (Å²) in [6, 6.07) is 6.31. The lowest BCUT2D eigenvalue weighted by atomic mass is 10.2. The lowest BCUT2D eigenvalue weighted by Gasteiger charge is -2.21. The van der Waals surface area contributed by atoms with Gasteiger partial charge < -0.3 is 14.2 Å². The highest BCUT2D eigenvalue weighted by Gasteiger charge is 2.23. The van der Waals surface area contributed by atoms with Crippen LogP contribution in [0.25, 0.3) is 0 Å². The summed E-state index contributed by atoms with van der Waals surface area (Å²) in [6.07, 6.45) is 0. The van der Waals surface area contributed by atoms with Crippen LogP contribution in [0.1, 0.15) is 10.4 Å². The molecule has 29 heavy (non-hydrogen) atoms. The molecule has 0 aliphatic carbocycles. The second-order valence-electron chi connectivity index (χ2n) is 5.16. The summed E-state index contributed by atoms with van der Waals surface area (Å²) in [4.78, 5) is 37.4. The summed E-state index contributed by atoms with van der Waals surface area (Å²) in [6.45, 7) is 0. The van der Waals surface area contributed by atoms with Crippen LogP contribution in [0.15, 0.2) is 24.3 Å². The zero-order chi connectivity index (χ0) is 21.0. The maximum atomic E-state index is 11.7. The summed E-state index contributed by atoms with van der Waals surface area (Å²) in [5.74, 6) is -0.410. The number of methoxy groups -OCH3 is 3. The molecule has 2 heterocycles. The van der Waals surface area contributed by atoms with Gasteiger partial charge in [0.15, 0.2) is 0 Å². The summed E-state index contributed by atoms with van der Waals surface area (Å²) in [5, 5.41) is -0.270. The Hall–Kier alpha value is -3.31. The van der Waals surface area contributed by atoms with Crippen molar-refractivity contribution in [3.63, 3.8) is 0 Å². The normalized spacial score (nSPS) is 10.4. The summed E-state index contributed by atoms with van der Waals surface area (Å²) < 4.78 is 14.9. The molecule has 0 bridgehead atoms. The average molecular weight is 438 g/mol. The zero-order valence-corrected chi connectivity index (χ0v) is 16.8. The third kappa shape index (κ3) is 4.58. The number of nitrogens with zero attached hydrogens (tertiary/aromatic N) is 7. The highest BCUT2D eigenvalue weighted by Crippen LogP contribution is 2.32. The number of halogens is 2. The molecular weight excluding hydrogens is 425 g/mol.